The summed E-state index contributed by atoms with van der Waals surface area (Å²) in [7, 11) is 0. The van der Waals surface area contributed by atoms with Gasteiger partial charge in [-0.25, -0.2) is 14.6 Å². The number of rotatable bonds is 7. The second-order valence-electron chi connectivity index (χ2n) is 8.26. The van der Waals surface area contributed by atoms with Gasteiger partial charge in [0.2, 0.25) is 5.88 Å². The highest BCUT2D eigenvalue weighted by Gasteiger charge is 2.21. The molecule has 0 aliphatic rings. The SMILES string of the molecule is Cc1ccc(C)c(Oc2ccc(CNC(=O)c3cnn(-c4ccccn4)c3C(C)C)cn2)c1. The van der Waals surface area contributed by atoms with Crippen molar-refractivity contribution in [2.75, 3.05) is 0 Å². The Labute approximate surface area is 193 Å². The summed E-state index contributed by atoms with van der Waals surface area (Å²) in [5.41, 5.74) is 4.41. The lowest BCUT2D eigenvalue weighted by atomic mass is 10.1. The van der Waals surface area contributed by atoms with E-state index in [2.05, 4.69) is 20.4 Å². The molecule has 0 aliphatic heterocycles. The molecule has 7 nitrogen and oxygen atoms in total. The molecule has 7 heteroatoms. The highest BCUT2D eigenvalue weighted by molar-refractivity contribution is 5.95. The number of aromatic nitrogens is 4. The number of hydrogen-bond acceptors (Lipinski definition) is 5. The lowest BCUT2D eigenvalue weighted by Crippen LogP contribution is -2.24. The summed E-state index contributed by atoms with van der Waals surface area (Å²) in [4.78, 5) is 21.7. The average Bonchev–Trinajstić information content (AvgIpc) is 3.27. The van der Waals surface area contributed by atoms with Gasteiger partial charge in [0, 0.05) is 25.0 Å². The topological polar surface area (TPSA) is 81.9 Å². The molecule has 4 aromatic rings. The van der Waals surface area contributed by atoms with Gasteiger partial charge in [0.15, 0.2) is 5.82 Å². The number of carbonyl (C=O) groups is 1. The summed E-state index contributed by atoms with van der Waals surface area (Å²) in [6.07, 6.45) is 5.02. The van der Waals surface area contributed by atoms with E-state index in [1.54, 1.807) is 23.3 Å². The van der Waals surface area contributed by atoms with Gasteiger partial charge in [-0.1, -0.05) is 38.1 Å². The van der Waals surface area contributed by atoms with Crippen LogP contribution < -0.4 is 10.1 Å². The Bertz CT molecular complexity index is 1250. The van der Waals surface area contributed by atoms with Crippen molar-refractivity contribution >= 4 is 5.91 Å². The van der Waals surface area contributed by atoms with Crippen LogP contribution in [0.15, 0.2) is 67.1 Å². The lowest BCUT2D eigenvalue weighted by Gasteiger charge is -2.12. The Balaban J connectivity index is 1.44. The van der Waals surface area contributed by atoms with Gasteiger partial charge >= 0.3 is 0 Å². The van der Waals surface area contributed by atoms with Gasteiger partial charge < -0.3 is 10.1 Å². The van der Waals surface area contributed by atoms with E-state index in [1.165, 1.54) is 0 Å². The summed E-state index contributed by atoms with van der Waals surface area (Å²) in [5.74, 6) is 1.89. The van der Waals surface area contributed by atoms with Gasteiger partial charge in [-0.15, -0.1) is 0 Å². The van der Waals surface area contributed by atoms with Gasteiger partial charge in [0.05, 0.1) is 17.5 Å². The highest BCUT2D eigenvalue weighted by Crippen LogP contribution is 2.25. The molecule has 33 heavy (non-hydrogen) atoms. The third kappa shape index (κ3) is 5.09. The Hall–Kier alpha value is -4.00. The van der Waals surface area contributed by atoms with Crippen LogP contribution in [0.2, 0.25) is 0 Å². The maximum atomic E-state index is 12.9. The monoisotopic (exact) mass is 441 g/mol. The minimum atomic E-state index is -0.184. The first-order valence-corrected chi connectivity index (χ1v) is 10.9. The molecule has 1 N–H and O–H groups in total. The smallest absolute Gasteiger partial charge is 0.255 e. The van der Waals surface area contributed by atoms with E-state index in [1.807, 2.05) is 76.2 Å². The number of nitrogens with one attached hydrogen (secondary N) is 1. The van der Waals surface area contributed by atoms with Crippen LogP contribution in [0, 0.1) is 13.8 Å². The van der Waals surface area contributed by atoms with Crippen molar-refractivity contribution in [3.05, 3.63) is 95.1 Å². The number of nitrogens with zero attached hydrogens (tertiary/aromatic N) is 4. The molecular formula is C26H27N5O2. The summed E-state index contributed by atoms with van der Waals surface area (Å²) in [6.45, 7) is 8.44. The van der Waals surface area contributed by atoms with E-state index in [4.69, 9.17) is 4.74 Å². The van der Waals surface area contributed by atoms with E-state index >= 15 is 0 Å². The fourth-order valence-electron chi connectivity index (χ4n) is 3.53. The number of aryl methyl sites for hydroxylation is 2. The third-order valence-corrected chi connectivity index (χ3v) is 5.27. The van der Waals surface area contributed by atoms with Gasteiger partial charge in [0.25, 0.3) is 5.91 Å². The Morgan fingerprint density at radius 1 is 1.06 bits per heavy atom. The number of hydrogen-bond donors (Lipinski definition) is 1. The molecule has 0 saturated carbocycles. The molecule has 0 fully saturated rings. The van der Waals surface area contributed by atoms with E-state index in [0.717, 1.165) is 28.1 Å². The number of benzene rings is 1. The number of amides is 1. The summed E-state index contributed by atoms with van der Waals surface area (Å²) >= 11 is 0. The van der Waals surface area contributed by atoms with Gasteiger partial charge in [-0.05, 0) is 54.7 Å². The largest absolute Gasteiger partial charge is 0.439 e. The molecule has 0 aliphatic carbocycles. The van der Waals surface area contributed by atoms with Crippen molar-refractivity contribution < 1.29 is 9.53 Å². The Kier molecular flexibility index (Phi) is 6.49. The molecule has 3 aromatic heterocycles. The number of carbonyl (C=O) groups excluding carboxylic acids is 1. The van der Waals surface area contributed by atoms with Gasteiger partial charge in [-0.2, -0.15) is 5.10 Å². The second-order valence-corrected chi connectivity index (χ2v) is 8.26. The fraction of sp³-hybridized carbons (Fsp3) is 0.231. The van der Waals surface area contributed by atoms with Gasteiger partial charge in [0.1, 0.15) is 5.75 Å². The maximum Gasteiger partial charge on any atom is 0.255 e. The molecular weight excluding hydrogens is 414 g/mol. The quantitative estimate of drug-likeness (QED) is 0.430. The fourth-order valence-corrected chi connectivity index (χ4v) is 3.53. The van der Waals surface area contributed by atoms with Crippen LogP contribution in [-0.2, 0) is 6.54 Å². The molecule has 1 aromatic carbocycles. The van der Waals surface area contributed by atoms with Crippen LogP contribution in [0.1, 0.15) is 52.5 Å². The molecule has 3 heterocycles. The predicted octanol–water partition coefficient (Wildman–Crippen LogP) is 5.12. The summed E-state index contributed by atoms with van der Waals surface area (Å²) < 4.78 is 7.63. The van der Waals surface area contributed by atoms with Crippen LogP contribution in [0.5, 0.6) is 11.6 Å². The average molecular weight is 442 g/mol. The Morgan fingerprint density at radius 2 is 1.91 bits per heavy atom. The molecule has 1 amide bonds. The van der Waals surface area contributed by atoms with Crippen LogP contribution in [0.4, 0.5) is 0 Å². The molecule has 4 rings (SSSR count). The maximum absolute atomic E-state index is 12.9. The molecule has 0 spiro atoms. The van der Waals surface area contributed by atoms with Crippen LogP contribution in [0.3, 0.4) is 0 Å². The first-order chi connectivity index (χ1) is 15.9. The van der Waals surface area contributed by atoms with Crippen molar-refractivity contribution in [1.29, 1.82) is 0 Å². The van der Waals surface area contributed by atoms with E-state index < -0.39 is 0 Å². The molecule has 0 radical (unpaired) electrons. The number of ether oxygens (including phenoxy) is 1. The highest BCUT2D eigenvalue weighted by atomic mass is 16.5. The van der Waals surface area contributed by atoms with Crippen LogP contribution in [-0.4, -0.2) is 25.7 Å². The predicted molar refractivity (Wildman–Crippen MR) is 127 cm³/mol. The first-order valence-electron chi connectivity index (χ1n) is 10.9. The molecule has 0 atom stereocenters. The van der Waals surface area contributed by atoms with Crippen molar-refractivity contribution in [2.45, 2.75) is 40.2 Å². The zero-order valence-corrected chi connectivity index (χ0v) is 19.2. The number of pyridine rings is 2. The standard InChI is InChI=1S/C26H27N5O2/c1-17(2)25-21(16-30-31(25)23-7-5-6-12-27-23)26(32)29-15-20-10-11-24(28-14-20)33-22-13-18(3)8-9-19(22)4/h5-14,16-17H,15H2,1-4H3,(H,29,32). The molecule has 168 valence electrons. The van der Waals surface area contributed by atoms with Crippen LogP contribution in [0.25, 0.3) is 5.82 Å². The minimum absolute atomic E-state index is 0.0958. The second kappa shape index (κ2) is 9.65. The summed E-state index contributed by atoms with van der Waals surface area (Å²) in [5, 5.41) is 7.38. The normalized spacial score (nSPS) is 10.9. The van der Waals surface area contributed by atoms with Crippen LogP contribution >= 0.6 is 0 Å². The molecule has 0 bridgehead atoms. The third-order valence-electron chi connectivity index (χ3n) is 5.27. The van der Waals surface area contributed by atoms with E-state index in [-0.39, 0.29) is 11.8 Å². The zero-order valence-electron chi connectivity index (χ0n) is 19.2. The molecule has 0 saturated heterocycles. The van der Waals surface area contributed by atoms with Crippen molar-refractivity contribution in [3.8, 4) is 17.4 Å². The van der Waals surface area contributed by atoms with Gasteiger partial charge in [-0.3, -0.25) is 4.79 Å². The van der Waals surface area contributed by atoms with Crippen molar-refractivity contribution in [3.63, 3.8) is 0 Å². The zero-order chi connectivity index (χ0) is 23.4. The van der Waals surface area contributed by atoms with Crippen molar-refractivity contribution in [2.24, 2.45) is 0 Å². The van der Waals surface area contributed by atoms with E-state index in [9.17, 15) is 4.79 Å². The first kappa shape index (κ1) is 22.2. The van der Waals surface area contributed by atoms with Crippen molar-refractivity contribution in [1.82, 2.24) is 25.1 Å². The summed E-state index contributed by atoms with van der Waals surface area (Å²) in [6, 6.07) is 15.4. The lowest BCUT2D eigenvalue weighted by molar-refractivity contribution is 0.0949. The van der Waals surface area contributed by atoms with E-state index in [0.29, 0.717) is 23.8 Å². The molecule has 0 unspecified atom stereocenters. The Morgan fingerprint density at radius 3 is 2.61 bits per heavy atom. The minimum Gasteiger partial charge on any atom is -0.439 e.